The van der Waals surface area contributed by atoms with Crippen molar-refractivity contribution in [1.82, 2.24) is 10.3 Å². The Morgan fingerprint density at radius 2 is 1.39 bits per heavy atom. The number of hydrogen-bond acceptors (Lipinski definition) is 8. The first-order chi connectivity index (χ1) is 19.7. The van der Waals surface area contributed by atoms with Crippen molar-refractivity contribution in [2.45, 2.75) is 19.9 Å². The summed E-state index contributed by atoms with van der Waals surface area (Å²) in [6, 6.07) is 18.4. The van der Waals surface area contributed by atoms with Crippen LogP contribution in [0.25, 0.3) is 0 Å². The van der Waals surface area contributed by atoms with Crippen LogP contribution in [-0.4, -0.2) is 43.9 Å². The monoisotopic (exact) mass is 573 g/mol. The van der Waals surface area contributed by atoms with Gasteiger partial charge in [-0.1, -0.05) is 44.2 Å². The van der Waals surface area contributed by atoms with Crippen LogP contribution in [0, 0.1) is 5.92 Å². The number of aromatic nitrogens is 1. The van der Waals surface area contributed by atoms with Gasteiger partial charge in [0.05, 0.1) is 27.4 Å². The zero-order valence-electron chi connectivity index (χ0n) is 23.4. The Balaban J connectivity index is 1.46. The molecule has 0 saturated heterocycles. The average Bonchev–Trinajstić information content (AvgIpc) is 3.49. The van der Waals surface area contributed by atoms with Gasteiger partial charge in [0, 0.05) is 27.8 Å². The van der Waals surface area contributed by atoms with Gasteiger partial charge in [-0.05, 0) is 42.3 Å². The molecule has 1 atom stereocenters. The molecule has 4 aromatic rings. The topological polar surface area (TPSA) is 116 Å². The first-order valence-corrected chi connectivity index (χ1v) is 13.7. The number of ketones is 1. The molecule has 212 valence electrons. The molecule has 41 heavy (non-hydrogen) atoms. The van der Waals surface area contributed by atoms with Crippen molar-refractivity contribution in [3.05, 3.63) is 99.5 Å². The van der Waals surface area contributed by atoms with E-state index in [-0.39, 0.29) is 23.3 Å². The molecule has 0 unspecified atom stereocenters. The van der Waals surface area contributed by atoms with Crippen LogP contribution in [0.1, 0.15) is 61.7 Å². The van der Waals surface area contributed by atoms with Crippen LogP contribution in [0.15, 0.2) is 72.1 Å². The van der Waals surface area contributed by atoms with Crippen molar-refractivity contribution >= 4 is 34.6 Å². The number of nitrogens with one attached hydrogen (secondary N) is 2. The summed E-state index contributed by atoms with van der Waals surface area (Å²) in [5.41, 5.74) is 2.20. The minimum Gasteiger partial charge on any atom is -0.493 e. The standard InChI is InChI=1S/C31H31N3O6S/c1-18(2)26(34-29(36)21-15-24(38-3)28(40-5)25(16-21)39-4)31-33-23(17-41-31)30(37)32-22-13-11-20(12-14-22)27(35)19-9-7-6-8-10-19/h6-18,26H,1-5H3,(H,32,37)(H,34,36)/t26-/m0/s1. The SMILES string of the molecule is COc1cc(C(=O)N[C@H](c2nc(C(=O)Nc3ccc(C(=O)c4ccccc4)cc3)cs2)C(C)C)cc(OC)c1OC. The number of hydrogen-bond donors (Lipinski definition) is 2. The van der Waals surface area contributed by atoms with Gasteiger partial charge in [-0.15, -0.1) is 11.3 Å². The molecule has 0 aliphatic rings. The maximum Gasteiger partial charge on any atom is 0.275 e. The third kappa shape index (κ3) is 6.72. The molecule has 0 saturated carbocycles. The van der Waals surface area contributed by atoms with Gasteiger partial charge in [0.2, 0.25) is 5.75 Å². The first kappa shape index (κ1) is 29.3. The van der Waals surface area contributed by atoms with Gasteiger partial charge in [0.15, 0.2) is 17.3 Å². The minimum atomic E-state index is -0.448. The molecule has 0 radical (unpaired) electrons. The first-order valence-electron chi connectivity index (χ1n) is 12.8. The molecule has 0 aliphatic heterocycles. The molecule has 1 aromatic heterocycles. The van der Waals surface area contributed by atoms with Crippen LogP contribution in [-0.2, 0) is 0 Å². The van der Waals surface area contributed by atoms with E-state index in [1.165, 1.54) is 32.7 Å². The Morgan fingerprint density at radius 1 is 0.780 bits per heavy atom. The summed E-state index contributed by atoms with van der Waals surface area (Å²) >= 11 is 1.29. The van der Waals surface area contributed by atoms with Gasteiger partial charge in [-0.3, -0.25) is 14.4 Å². The van der Waals surface area contributed by atoms with Gasteiger partial charge >= 0.3 is 0 Å². The number of amides is 2. The van der Waals surface area contributed by atoms with Crippen molar-refractivity contribution in [1.29, 1.82) is 0 Å². The van der Waals surface area contributed by atoms with E-state index in [0.29, 0.717) is 44.6 Å². The molecule has 2 amide bonds. The second kappa shape index (κ2) is 13.1. The molecular weight excluding hydrogens is 542 g/mol. The molecular formula is C31H31N3O6S. The number of benzene rings is 3. The van der Waals surface area contributed by atoms with E-state index in [0.717, 1.165) is 0 Å². The largest absolute Gasteiger partial charge is 0.493 e. The van der Waals surface area contributed by atoms with Crippen LogP contribution in [0.4, 0.5) is 5.69 Å². The van der Waals surface area contributed by atoms with Crippen LogP contribution >= 0.6 is 11.3 Å². The quantitative estimate of drug-likeness (QED) is 0.219. The third-order valence-electron chi connectivity index (χ3n) is 6.34. The average molecular weight is 574 g/mol. The summed E-state index contributed by atoms with van der Waals surface area (Å²) in [5.74, 6) is 0.258. The van der Waals surface area contributed by atoms with E-state index >= 15 is 0 Å². The van der Waals surface area contributed by atoms with E-state index in [1.807, 2.05) is 32.0 Å². The van der Waals surface area contributed by atoms with Crippen molar-refractivity contribution in [3.8, 4) is 17.2 Å². The fraction of sp³-hybridized carbons (Fsp3) is 0.226. The lowest BCUT2D eigenvalue weighted by atomic mass is 10.0. The number of carbonyl (C=O) groups is 3. The Labute approximate surface area is 242 Å². The fourth-order valence-electron chi connectivity index (χ4n) is 4.14. The molecule has 0 aliphatic carbocycles. The van der Waals surface area contributed by atoms with Gasteiger partial charge in [0.25, 0.3) is 11.8 Å². The summed E-state index contributed by atoms with van der Waals surface area (Å²) in [4.78, 5) is 43.3. The van der Waals surface area contributed by atoms with Gasteiger partial charge < -0.3 is 24.8 Å². The smallest absolute Gasteiger partial charge is 0.275 e. The molecule has 1 heterocycles. The predicted molar refractivity (Wildman–Crippen MR) is 158 cm³/mol. The summed E-state index contributed by atoms with van der Waals surface area (Å²) in [5, 5.41) is 8.07. The zero-order valence-corrected chi connectivity index (χ0v) is 24.2. The molecule has 2 N–H and O–H groups in total. The molecule has 9 nitrogen and oxygen atoms in total. The number of ether oxygens (including phenoxy) is 3. The molecule has 0 spiro atoms. The summed E-state index contributed by atoms with van der Waals surface area (Å²) in [6.07, 6.45) is 0. The normalized spacial score (nSPS) is 11.5. The second-order valence-corrected chi connectivity index (χ2v) is 10.3. The lowest BCUT2D eigenvalue weighted by Gasteiger charge is -2.21. The number of rotatable bonds is 11. The maximum atomic E-state index is 13.2. The highest BCUT2D eigenvalue weighted by Gasteiger charge is 2.25. The van der Waals surface area contributed by atoms with Crippen LogP contribution in [0.5, 0.6) is 17.2 Å². The Morgan fingerprint density at radius 3 is 1.95 bits per heavy atom. The van der Waals surface area contributed by atoms with E-state index < -0.39 is 11.9 Å². The molecule has 0 fully saturated rings. The molecule has 4 rings (SSSR count). The third-order valence-corrected chi connectivity index (χ3v) is 7.27. The molecule has 0 bridgehead atoms. The Bertz CT molecular complexity index is 1510. The fourth-order valence-corrected chi connectivity index (χ4v) is 5.16. The number of methoxy groups -OCH3 is 3. The number of carbonyl (C=O) groups excluding carboxylic acids is 3. The van der Waals surface area contributed by atoms with Crippen molar-refractivity contribution < 1.29 is 28.6 Å². The second-order valence-electron chi connectivity index (χ2n) is 9.41. The highest BCUT2D eigenvalue weighted by Crippen LogP contribution is 2.38. The highest BCUT2D eigenvalue weighted by molar-refractivity contribution is 7.10. The molecule has 10 heteroatoms. The van der Waals surface area contributed by atoms with Crippen LogP contribution in [0.2, 0.25) is 0 Å². The molecule has 3 aromatic carbocycles. The van der Waals surface area contributed by atoms with E-state index in [1.54, 1.807) is 53.9 Å². The summed E-state index contributed by atoms with van der Waals surface area (Å²) in [6.45, 7) is 3.92. The maximum absolute atomic E-state index is 13.2. The van der Waals surface area contributed by atoms with Crippen molar-refractivity contribution in [3.63, 3.8) is 0 Å². The van der Waals surface area contributed by atoms with Crippen LogP contribution in [0.3, 0.4) is 0 Å². The van der Waals surface area contributed by atoms with Gasteiger partial charge in [0.1, 0.15) is 10.7 Å². The summed E-state index contributed by atoms with van der Waals surface area (Å²) < 4.78 is 16.1. The van der Waals surface area contributed by atoms with Crippen LogP contribution < -0.4 is 24.8 Å². The van der Waals surface area contributed by atoms with E-state index in [2.05, 4.69) is 15.6 Å². The predicted octanol–water partition coefficient (Wildman–Crippen LogP) is 5.78. The highest BCUT2D eigenvalue weighted by atomic mass is 32.1. The zero-order chi connectivity index (χ0) is 29.5. The lowest BCUT2D eigenvalue weighted by molar-refractivity contribution is 0.0924. The van der Waals surface area contributed by atoms with Gasteiger partial charge in [-0.25, -0.2) is 4.98 Å². The number of nitrogens with zero attached hydrogens (tertiary/aromatic N) is 1. The Hall–Kier alpha value is -4.70. The lowest BCUT2D eigenvalue weighted by Crippen LogP contribution is -2.32. The van der Waals surface area contributed by atoms with Gasteiger partial charge in [-0.2, -0.15) is 0 Å². The van der Waals surface area contributed by atoms with E-state index in [4.69, 9.17) is 14.2 Å². The Kier molecular flexibility index (Phi) is 9.36. The summed E-state index contributed by atoms with van der Waals surface area (Å²) in [7, 11) is 4.46. The number of anilines is 1. The van der Waals surface area contributed by atoms with E-state index in [9.17, 15) is 14.4 Å². The minimum absolute atomic E-state index is 0.0160. The van der Waals surface area contributed by atoms with Crippen molar-refractivity contribution in [2.24, 2.45) is 5.92 Å². The van der Waals surface area contributed by atoms with Crippen molar-refractivity contribution in [2.75, 3.05) is 26.6 Å². The number of thiazole rings is 1.